The van der Waals surface area contributed by atoms with Crippen molar-refractivity contribution in [3.8, 4) is 0 Å². The molecule has 0 bridgehead atoms. The standard InChI is InChI=1S/C32H57NO5Si/c1-21-12-14-31(8,23(16-21)20-37-39(10,11)30(5,6)7)25-13-15-32(9)26(17-22(19-34)27(32)35)24(25)18-33-28(36)38-29(2,3)4/h19,21,23-26,34H,12-18,20H2,1-11H3,(H,33,36)/b22-19-/t21-,23+,24+,25-,26-,31-,32-/m0/s1. The van der Waals surface area contributed by atoms with E-state index in [2.05, 4.69) is 60.0 Å². The molecule has 3 saturated carbocycles. The molecular weight excluding hydrogens is 506 g/mol. The smallest absolute Gasteiger partial charge is 0.407 e. The van der Waals surface area contributed by atoms with Gasteiger partial charge in [-0.25, -0.2) is 4.79 Å². The number of aliphatic hydroxyl groups is 1. The van der Waals surface area contributed by atoms with Gasteiger partial charge < -0.3 is 19.6 Å². The summed E-state index contributed by atoms with van der Waals surface area (Å²) in [5.74, 6) is 1.71. The molecule has 0 radical (unpaired) electrons. The molecule has 7 atom stereocenters. The number of carbonyl (C=O) groups excluding carboxylic acids is 2. The number of carbonyl (C=O) groups is 2. The highest BCUT2D eigenvalue weighted by molar-refractivity contribution is 6.74. The first-order chi connectivity index (χ1) is 17.7. The number of alkyl carbamates (subject to hydrolysis) is 1. The summed E-state index contributed by atoms with van der Waals surface area (Å²) >= 11 is 0. The van der Waals surface area contributed by atoms with Gasteiger partial charge in [0, 0.05) is 24.1 Å². The SMILES string of the molecule is C[C@H]1CC[C@](C)([C@H]2CC[C@]3(C)C(=O)/C(=C\O)C[C@H]3[C@@H]2CNC(=O)OC(C)(C)C)[C@@H](CO[Si](C)(C)C(C)(C)C)C1. The summed E-state index contributed by atoms with van der Waals surface area (Å²) in [6.07, 6.45) is 6.43. The lowest BCUT2D eigenvalue weighted by Gasteiger charge is -2.56. The molecule has 0 aromatic heterocycles. The van der Waals surface area contributed by atoms with Gasteiger partial charge in [-0.3, -0.25) is 4.79 Å². The van der Waals surface area contributed by atoms with Gasteiger partial charge in [-0.1, -0.05) is 48.0 Å². The summed E-state index contributed by atoms with van der Waals surface area (Å²) < 4.78 is 12.5. The second-order valence-electron chi connectivity index (χ2n) is 16.1. The molecule has 0 unspecified atom stereocenters. The zero-order valence-electron chi connectivity index (χ0n) is 26.7. The topological polar surface area (TPSA) is 84.9 Å². The Kier molecular flexibility index (Phi) is 9.20. The first-order valence-electron chi connectivity index (χ1n) is 15.2. The summed E-state index contributed by atoms with van der Waals surface area (Å²) in [6.45, 7) is 25.4. The number of Topliss-reactive ketones (excluding diaryl/α,β-unsaturated/α-hetero) is 1. The second-order valence-corrected chi connectivity index (χ2v) is 20.9. The molecule has 0 heterocycles. The molecule has 1 amide bonds. The van der Waals surface area contributed by atoms with Crippen LogP contribution in [0, 0.1) is 40.4 Å². The highest BCUT2D eigenvalue weighted by Crippen LogP contribution is 2.62. The van der Waals surface area contributed by atoms with Crippen LogP contribution >= 0.6 is 0 Å². The molecule has 0 aromatic carbocycles. The highest BCUT2D eigenvalue weighted by atomic mass is 28.4. The van der Waals surface area contributed by atoms with Crippen LogP contribution in [-0.2, 0) is 14.0 Å². The Labute approximate surface area is 239 Å². The number of fused-ring (bicyclic) bond motifs is 1. The number of aliphatic hydroxyl groups excluding tert-OH is 1. The summed E-state index contributed by atoms with van der Waals surface area (Å²) in [6, 6.07) is 0. The molecule has 3 rings (SSSR count). The number of ketones is 1. The van der Waals surface area contributed by atoms with Crippen LogP contribution in [0.2, 0.25) is 18.1 Å². The van der Waals surface area contributed by atoms with E-state index >= 15 is 0 Å². The summed E-state index contributed by atoms with van der Waals surface area (Å²) in [4.78, 5) is 26.2. The molecule has 0 aliphatic heterocycles. The van der Waals surface area contributed by atoms with E-state index in [4.69, 9.17) is 9.16 Å². The first kappa shape index (κ1) is 32.2. The molecular formula is C32H57NO5Si. The Morgan fingerprint density at radius 3 is 2.31 bits per heavy atom. The van der Waals surface area contributed by atoms with Gasteiger partial charge in [-0.15, -0.1) is 0 Å². The van der Waals surface area contributed by atoms with Gasteiger partial charge in [-0.2, -0.15) is 0 Å². The lowest BCUT2D eigenvalue weighted by molar-refractivity contribution is -0.132. The summed E-state index contributed by atoms with van der Waals surface area (Å²) in [5.41, 5.74) is -0.494. The molecule has 224 valence electrons. The van der Waals surface area contributed by atoms with E-state index in [1.165, 1.54) is 6.42 Å². The highest BCUT2D eigenvalue weighted by Gasteiger charge is 2.60. The Morgan fingerprint density at radius 1 is 1.10 bits per heavy atom. The number of nitrogens with one attached hydrogen (secondary N) is 1. The molecule has 0 saturated heterocycles. The van der Waals surface area contributed by atoms with Crippen molar-refractivity contribution >= 4 is 20.2 Å². The number of amides is 1. The largest absolute Gasteiger partial charge is 0.515 e. The Morgan fingerprint density at radius 2 is 1.74 bits per heavy atom. The minimum atomic E-state index is -1.90. The molecule has 3 aliphatic carbocycles. The van der Waals surface area contributed by atoms with Crippen molar-refractivity contribution in [1.82, 2.24) is 5.32 Å². The fourth-order valence-electron chi connectivity index (χ4n) is 7.60. The third-order valence-corrected chi connectivity index (χ3v) is 15.7. The van der Waals surface area contributed by atoms with Crippen molar-refractivity contribution in [3.05, 3.63) is 11.8 Å². The van der Waals surface area contributed by atoms with Gasteiger partial charge >= 0.3 is 6.09 Å². The maximum absolute atomic E-state index is 13.4. The van der Waals surface area contributed by atoms with E-state index in [0.717, 1.165) is 38.6 Å². The van der Waals surface area contributed by atoms with Crippen molar-refractivity contribution in [3.63, 3.8) is 0 Å². The maximum atomic E-state index is 13.4. The van der Waals surface area contributed by atoms with E-state index in [0.29, 0.717) is 36.3 Å². The number of ether oxygens (including phenoxy) is 1. The van der Waals surface area contributed by atoms with Crippen LogP contribution in [0.1, 0.15) is 101 Å². The maximum Gasteiger partial charge on any atom is 0.407 e. The fraction of sp³-hybridized carbons (Fsp3) is 0.875. The van der Waals surface area contributed by atoms with Crippen molar-refractivity contribution in [1.29, 1.82) is 0 Å². The fourth-order valence-corrected chi connectivity index (χ4v) is 8.65. The van der Waals surface area contributed by atoms with Gasteiger partial charge in [-0.05, 0) is 106 Å². The quantitative estimate of drug-likeness (QED) is 0.194. The molecule has 7 heteroatoms. The van der Waals surface area contributed by atoms with Gasteiger partial charge in [0.15, 0.2) is 14.1 Å². The number of hydrogen-bond acceptors (Lipinski definition) is 5. The molecule has 0 spiro atoms. The molecule has 6 nitrogen and oxygen atoms in total. The monoisotopic (exact) mass is 563 g/mol. The van der Waals surface area contributed by atoms with Crippen molar-refractivity contribution in [2.75, 3.05) is 13.2 Å². The zero-order chi connectivity index (χ0) is 29.6. The third-order valence-electron chi connectivity index (χ3n) is 11.2. The van der Waals surface area contributed by atoms with Crippen LogP contribution in [0.15, 0.2) is 11.8 Å². The minimum Gasteiger partial charge on any atom is -0.515 e. The van der Waals surface area contributed by atoms with Crippen molar-refractivity contribution in [2.24, 2.45) is 40.4 Å². The molecule has 3 aliphatic rings. The van der Waals surface area contributed by atoms with Gasteiger partial charge in [0.2, 0.25) is 0 Å². The molecule has 2 N–H and O–H groups in total. The predicted molar refractivity (Wildman–Crippen MR) is 160 cm³/mol. The third kappa shape index (κ3) is 6.60. The normalized spacial score (nSPS) is 37.1. The van der Waals surface area contributed by atoms with Gasteiger partial charge in [0.05, 0.1) is 6.26 Å². The summed E-state index contributed by atoms with van der Waals surface area (Å²) in [7, 11) is -1.90. The summed E-state index contributed by atoms with van der Waals surface area (Å²) in [5, 5.41) is 13.1. The van der Waals surface area contributed by atoms with Crippen molar-refractivity contribution < 1.29 is 23.9 Å². The number of hydrogen-bond donors (Lipinski definition) is 2. The van der Waals surface area contributed by atoms with Gasteiger partial charge in [0.25, 0.3) is 0 Å². The van der Waals surface area contributed by atoms with Crippen LogP contribution in [-0.4, -0.2) is 44.1 Å². The minimum absolute atomic E-state index is 0.0468. The van der Waals surface area contributed by atoms with Gasteiger partial charge in [0.1, 0.15) is 5.60 Å². The van der Waals surface area contributed by atoms with E-state index in [-0.39, 0.29) is 28.1 Å². The average Bonchev–Trinajstić information content (AvgIpc) is 3.06. The van der Waals surface area contributed by atoms with E-state index in [9.17, 15) is 14.7 Å². The number of rotatable bonds is 6. The van der Waals surface area contributed by atoms with Crippen LogP contribution in [0.3, 0.4) is 0 Å². The molecule has 39 heavy (non-hydrogen) atoms. The predicted octanol–water partition coefficient (Wildman–Crippen LogP) is 8.04. The van der Waals surface area contributed by atoms with E-state index in [1.54, 1.807) is 0 Å². The van der Waals surface area contributed by atoms with E-state index in [1.807, 2.05) is 20.8 Å². The van der Waals surface area contributed by atoms with E-state index < -0.39 is 25.4 Å². The number of allylic oxidation sites excluding steroid dienone is 1. The van der Waals surface area contributed by atoms with Crippen LogP contribution in [0.5, 0.6) is 0 Å². The zero-order valence-corrected chi connectivity index (χ0v) is 27.7. The van der Waals surface area contributed by atoms with Crippen molar-refractivity contribution in [2.45, 2.75) is 125 Å². The molecule has 3 fully saturated rings. The molecule has 0 aromatic rings. The van der Waals surface area contributed by atoms with Crippen LogP contribution < -0.4 is 5.32 Å². The Balaban J connectivity index is 1.94. The lowest BCUT2D eigenvalue weighted by Crippen LogP contribution is -2.54. The second kappa shape index (κ2) is 11.1. The van der Waals surface area contributed by atoms with Crippen LogP contribution in [0.4, 0.5) is 4.79 Å². The Hall–Kier alpha value is -1.34. The average molecular weight is 564 g/mol. The van der Waals surface area contributed by atoms with Crippen LogP contribution in [0.25, 0.3) is 0 Å². The first-order valence-corrected chi connectivity index (χ1v) is 18.1. The lowest BCUT2D eigenvalue weighted by atomic mass is 9.49. The Bertz CT molecular complexity index is 947.